The molecule has 82 valence electrons. The Hall–Kier alpha value is -0.820. The topological polar surface area (TPSA) is 3.24 Å². The molecule has 1 nitrogen and oxygen atoms in total. The van der Waals surface area contributed by atoms with Crippen LogP contribution in [0.15, 0.2) is 30.3 Å². The molecule has 15 heavy (non-hydrogen) atoms. The van der Waals surface area contributed by atoms with Crippen LogP contribution in [0.2, 0.25) is 0 Å². The van der Waals surface area contributed by atoms with Crippen LogP contribution in [0.5, 0.6) is 0 Å². The third-order valence-corrected chi connectivity index (χ3v) is 3.39. The van der Waals surface area contributed by atoms with Crippen molar-refractivity contribution in [3.63, 3.8) is 0 Å². The number of hydrogen-bond donors (Lipinski definition) is 0. The Morgan fingerprint density at radius 3 is 2.67 bits per heavy atom. The summed E-state index contributed by atoms with van der Waals surface area (Å²) >= 11 is 0. The first-order valence-electron chi connectivity index (χ1n) is 6.18. The van der Waals surface area contributed by atoms with Crippen LogP contribution >= 0.6 is 0 Å². The summed E-state index contributed by atoms with van der Waals surface area (Å²) in [6, 6.07) is 11.7. The highest BCUT2D eigenvalue weighted by Crippen LogP contribution is 2.24. The number of benzene rings is 1. The van der Waals surface area contributed by atoms with Gasteiger partial charge < -0.3 is 0 Å². The van der Waals surface area contributed by atoms with E-state index in [-0.39, 0.29) is 0 Å². The fraction of sp³-hybridized carbons (Fsp3) is 0.571. The van der Waals surface area contributed by atoms with Crippen molar-refractivity contribution in [2.45, 2.75) is 45.2 Å². The third-order valence-electron chi connectivity index (χ3n) is 3.39. The highest BCUT2D eigenvalue weighted by atomic mass is 15.2. The zero-order valence-corrected chi connectivity index (χ0v) is 9.65. The summed E-state index contributed by atoms with van der Waals surface area (Å²) in [6.07, 6.45) is 5.52. The lowest BCUT2D eigenvalue weighted by Crippen LogP contribution is -2.46. The smallest absolute Gasteiger partial charge is 0.0236 e. The molecule has 1 aromatic carbocycles. The van der Waals surface area contributed by atoms with Gasteiger partial charge in [-0.05, 0) is 18.4 Å². The summed E-state index contributed by atoms with van der Waals surface area (Å²) in [6.45, 7) is 4.72. The SMILES string of the molecule is CCCCC1CCN1Cc1ccccc1. The fourth-order valence-electron chi connectivity index (χ4n) is 2.29. The van der Waals surface area contributed by atoms with E-state index in [1.807, 2.05) is 0 Å². The van der Waals surface area contributed by atoms with E-state index in [9.17, 15) is 0 Å². The fourth-order valence-corrected chi connectivity index (χ4v) is 2.29. The molecule has 0 bridgehead atoms. The van der Waals surface area contributed by atoms with Crippen LogP contribution in [0.4, 0.5) is 0 Å². The summed E-state index contributed by atoms with van der Waals surface area (Å²) in [7, 11) is 0. The predicted molar refractivity (Wildman–Crippen MR) is 64.8 cm³/mol. The van der Waals surface area contributed by atoms with Gasteiger partial charge in [0.2, 0.25) is 0 Å². The zero-order valence-electron chi connectivity index (χ0n) is 9.65. The minimum Gasteiger partial charge on any atom is -0.296 e. The van der Waals surface area contributed by atoms with Crippen LogP contribution in [-0.4, -0.2) is 17.5 Å². The Balaban J connectivity index is 1.80. The summed E-state index contributed by atoms with van der Waals surface area (Å²) in [4.78, 5) is 2.62. The first-order chi connectivity index (χ1) is 7.40. The predicted octanol–water partition coefficient (Wildman–Crippen LogP) is 3.45. The van der Waals surface area contributed by atoms with Crippen LogP contribution < -0.4 is 0 Å². The Bertz CT molecular complexity index is 281. The second-order valence-corrected chi connectivity index (χ2v) is 4.54. The number of rotatable bonds is 5. The number of nitrogens with zero attached hydrogens (tertiary/aromatic N) is 1. The summed E-state index contributed by atoms with van der Waals surface area (Å²) in [5.74, 6) is 0. The van der Waals surface area contributed by atoms with Gasteiger partial charge in [-0.2, -0.15) is 0 Å². The number of unbranched alkanes of at least 4 members (excludes halogenated alkanes) is 1. The molecule has 1 heteroatoms. The van der Waals surface area contributed by atoms with Crippen molar-refractivity contribution in [1.82, 2.24) is 4.90 Å². The van der Waals surface area contributed by atoms with Crippen LogP contribution in [0, 0.1) is 0 Å². The maximum Gasteiger partial charge on any atom is 0.0236 e. The molecule has 1 fully saturated rings. The van der Waals surface area contributed by atoms with Gasteiger partial charge >= 0.3 is 0 Å². The van der Waals surface area contributed by atoms with Gasteiger partial charge in [0, 0.05) is 19.1 Å². The molecule has 1 atom stereocenters. The molecule has 1 unspecified atom stereocenters. The van der Waals surface area contributed by atoms with Gasteiger partial charge in [-0.3, -0.25) is 4.90 Å². The monoisotopic (exact) mass is 203 g/mol. The van der Waals surface area contributed by atoms with Crippen molar-refractivity contribution in [3.8, 4) is 0 Å². The van der Waals surface area contributed by atoms with Crippen LogP contribution in [0.1, 0.15) is 38.2 Å². The first kappa shape index (κ1) is 10.7. The highest BCUT2D eigenvalue weighted by molar-refractivity contribution is 5.15. The standard InChI is InChI=1S/C14H21N/c1-2-3-9-14-10-11-15(14)12-13-7-5-4-6-8-13/h4-8,14H,2-3,9-12H2,1H3. The lowest BCUT2D eigenvalue weighted by molar-refractivity contribution is 0.0736. The van der Waals surface area contributed by atoms with Gasteiger partial charge in [-0.25, -0.2) is 0 Å². The maximum atomic E-state index is 2.62. The van der Waals surface area contributed by atoms with Crippen molar-refractivity contribution in [3.05, 3.63) is 35.9 Å². The Morgan fingerprint density at radius 2 is 2.07 bits per heavy atom. The van der Waals surface area contributed by atoms with E-state index in [1.54, 1.807) is 0 Å². The van der Waals surface area contributed by atoms with E-state index in [0.717, 1.165) is 12.6 Å². The minimum absolute atomic E-state index is 0.866. The highest BCUT2D eigenvalue weighted by Gasteiger charge is 2.26. The molecule has 1 aromatic rings. The third kappa shape index (κ3) is 2.82. The molecule has 2 rings (SSSR count). The molecule has 1 aliphatic rings. The Morgan fingerprint density at radius 1 is 1.27 bits per heavy atom. The van der Waals surface area contributed by atoms with Crippen molar-refractivity contribution in [2.75, 3.05) is 6.54 Å². The molecule has 1 heterocycles. The largest absolute Gasteiger partial charge is 0.296 e. The van der Waals surface area contributed by atoms with Crippen molar-refractivity contribution < 1.29 is 0 Å². The van der Waals surface area contributed by atoms with Crippen LogP contribution in [0.25, 0.3) is 0 Å². The number of hydrogen-bond acceptors (Lipinski definition) is 1. The quantitative estimate of drug-likeness (QED) is 0.708. The summed E-state index contributed by atoms with van der Waals surface area (Å²) in [5.41, 5.74) is 1.46. The van der Waals surface area contributed by atoms with Gasteiger partial charge in [-0.1, -0.05) is 50.1 Å². The van der Waals surface area contributed by atoms with Gasteiger partial charge in [0.1, 0.15) is 0 Å². The minimum atomic E-state index is 0.866. The lowest BCUT2D eigenvalue weighted by atomic mass is 9.96. The molecule has 0 aliphatic carbocycles. The maximum absolute atomic E-state index is 2.62. The van der Waals surface area contributed by atoms with E-state index in [2.05, 4.69) is 42.2 Å². The van der Waals surface area contributed by atoms with Gasteiger partial charge in [-0.15, -0.1) is 0 Å². The molecule has 0 aromatic heterocycles. The Kier molecular flexibility index (Phi) is 3.79. The van der Waals surface area contributed by atoms with Crippen LogP contribution in [-0.2, 0) is 6.54 Å². The molecule has 1 aliphatic heterocycles. The van der Waals surface area contributed by atoms with Crippen molar-refractivity contribution in [2.24, 2.45) is 0 Å². The van der Waals surface area contributed by atoms with E-state index < -0.39 is 0 Å². The van der Waals surface area contributed by atoms with E-state index in [1.165, 1.54) is 37.8 Å². The molecule has 0 radical (unpaired) electrons. The van der Waals surface area contributed by atoms with Gasteiger partial charge in [0.15, 0.2) is 0 Å². The van der Waals surface area contributed by atoms with E-state index >= 15 is 0 Å². The first-order valence-corrected chi connectivity index (χ1v) is 6.18. The normalized spacial score (nSPS) is 21.3. The molecule has 1 saturated heterocycles. The average molecular weight is 203 g/mol. The summed E-state index contributed by atoms with van der Waals surface area (Å²) in [5, 5.41) is 0. The van der Waals surface area contributed by atoms with Crippen molar-refractivity contribution in [1.29, 1.82) is 0 Å². The molecular formula is C14H21N. The molecular weight excluding hydrogens is 182 g/mol. The van der Waals surface area contributed by atoms with E-state index in [0.29, 0.717) is 0 Å². The second kappa shape index (κ2) is 5.32. The van der Waals surface area contributed by atoms with Gasteiger partial charge in [0.25, 0.3) is 0 Å². The Labute approximate surface area is 93.1 Å². The lowest BCUT2D eigenvalue weighted by Gasteiger charge is -2.41. The van der Waals surface area contributed by atoms with Crippen molar-refractivity contribution >= 4 is 0 Å². The molecule has 0 N–H and O–H groups in total. The second-order valence-electron chi connectivity index (χ2n) is 4.54. The molecule has 0 spiro atoms. The zero-order chi connectivity index (χ0) is 10.5. The average Bonchev–Trinajstić information content (AvgIpc) is 2.26. The summed E-state index contributed by atoms with van der Waals surface area (Å²) < 4.78 is 0. The molecule has 0 saturated carbocycles. The van der Waals surface area contributed by atoms with Gasteiger partial charge in [0.05, 0.1) is 0 Å². The van der Waals surface area contributed by atoms with E-state index in [4.69, 9.17) is 0 Å². The number of likely N-dealkylation sites (tertiary alicyclic amines) is 1. The van der Waals surface area contributed by atoms with Crippen LogP contribution in [0.3, 0.4) is 0 Å². The molecule has 0 amide bonds.